The zero-order chi connectivity index (χ0) is 39.1. The van der Waals surface area contributed by atoms with E-state index in [4.69, 9.17) is 19.3 Å². The van der Waals surface area contributed by atoms with Crippen molar-refractivity contribution in [2.75, 3.05) is 59.4 Å². The zero-order valence-corrected chi connectivity index (χ0v) is 32.5. The van der Waals surface area contributed by atoms with Crippen LogP contribution in [0.3, 0.4) is 0 Å². The number of carbonyl (C=O) groups is 2. The third-order valence-electron chi connectivity index (χ3n) is 9.35. The van der Waals surface area contributed by atoms with Gasteiger partial charge in [0, 0.05) is 54.9 Å². The second kappa shape index (κ2) is 20.7. The van der Waals surface area contributed by atoms with Gasteiger partial charge in [-0.3, -0.25) is 14.6 Å². The van der Waals surface area contributed by atoms with Crippen molar-refractivity contribution in [3.8, 4) is 5.75 Å². The van der Waals surface area contributed by atoms with Crippen LogP contribution in [0.4, 0.5) is 21.5 Å². The molecule has 3 aromatic carbocycles. The molecule has 5 rings (SSSR count). The van der Waals surface area contributed by atoms with Crippen LogP contribution in [0.15, 0.2) is 90.1 Å². The molecule has 53 heavy (non-hydrogen) atoms. The molecule has 2 N–H and O–H groups in total. The lowest BCUT2D eigenvalue weighted by Gasteiger charge is -2.48. The Morgan fingerprint density at radius 1 is 1.00 bits per heavy atom. The number of hydrogen-bond acceptors (Lipinski definition) is 10. The number of hydrogen-bond donors (Lipinski definition) is 1. The minimum atomic E-state index is -0.261. The van der Waals surface area contributed by atoms with Crippen molar-refractivity contribution in [2.24, 2.45) is 10.7 Å². The zero-order valence-electron chi connectivity index (χ0n) is 32.5. The molecule has 0 saturated carbocycles. The van der Waals surface area contributed by atoms with E-state index in [-0.39, 0.29) is 24.3 Å². The summed E-state index contributed by atoms with van der Waals surface area (Å²) >= 11 is 0. The molecule has 1 saturated heterocycles. The van der Waals surface area contributed by atoms with Gasteiger partial charge in [-0.1, -0.05) is 44.7 Å². The van der Waals surface area contributed by atoms with Gasteiger partial charge in [-0.2, -0.15) is 0 Å². The summed E-state index contributed by atoms with van der Waals surface area (Å²) < 4.78 is 23.7. The Labute approximate surface area is 314 Å². The molecule has 0 spiro atoms. The summed E-state index contributed by atoms with van der Waals surface area (Å²) in [6, 6.07) is 21.4. The predicted octanol–water partition coefficient (Wildman–Crippen LogP) is 6.61. The van der Waals surface area contributed by atoms with E-state index in [1.165, 1.54) is 19.2 Å². The van der Waals surface area contributed by atoms with Gasteiger partial charge in [0.25, 0.3) is 6.47 Å². The first-order chi connectivity index (χ1) is 25.5. The molecule has 1 fully saturated rings. The fourth-order valence-corrected chi connectivity index (χ4v) is 6.39. The molecule has 2 atom stereocenters. The van der Waals surface area contributed by atoms with E-state index in [2.05, 4.69) is 126 Å². The molecule has 2 unspecified atom stereocenters. The molecule has 2 aliphatic rings. The van der Waals surface area contributed by atoms with E-state index in [0.29, 0.717) is 6.47 Å². The van der Waals surface area contributed by atoms with Gasteiger partial charge in [-0.25, -0.2) is 14.4 Å². The van der Waals surface area contributed by atoms with E-state index in [1.807, 2.05) is 18.2 Å². The summed E-state index contributed by atoms with van der Waals surface area (Å²) in [4.78, 5) is 29.8. The number of likely N-dealkylation sites (N-methyl/N-ethyl adjacent to an activating group) is 1. The summed E-state index contributed by atoms with van der Waals surface area (Å²) in [7, 11) is 7.21. The average molecular weight is 730 g/mol. The number of primary amides is 1. The Balaban J connectivity index is 0.000000996. The predicted molar refractivity (Wildman–Crippen MR) is 213 cm³/mol. The van der Waals surface area contributed by atoms with E-state index in [9.17, 15) is 4.39 Å². The third kappa shape index (κ3) is 10.5. The van der Waals surface area contributed by atoms with Crippen LogP contribution in [0.1, 0.15) is 45.2 Å². The molecule has 11 nitrogen and oxygen atoms in total. The lowest BCUT2D eigenvalue weighted by atomic mass is 10.0. The van der Waals surface area contributed by atoms with Crippen LogP contribution < -0.4 is 15.4 Å². The number of fused-ring (bicyclic) bond motifs is 1. The van der Waals surface area contributed by atoms with Crippen LogP contribution >= 0.6 is 0 Å². The Kier molecular flexibility index (Phi) is 16.5. The molecular weight excluding hydrogens is 673 g/mol. The van der Waals surface area contributed by atoms with Crippen molar-refractivity contribution < 1.29 is 23.5 Å². The summed E-state index contributed by atoms with van der Waals surface area (Å²) in [5.74, 6) is 1.48. The fourth-order valence-electron chi connectivity index (χ4n) is 6.39. The monoisotopic (exact) mass is 729 g/mol. The Bertz CT molecular complexity index is 1700. The Hall–Kier alpha value is -5.20. The Morgan fingerprint density at radius 2 is 1.62 bits per heavy atom. The van der Waals surface area contributed by atoms with Gasteiger partial charge in [0.1, 0.15) is 17.4 Å². The van der Waals surface area contributed by atoms with Gasteiger partial charge in [0.15, 0.2) is 0 Å². The quantitative estimate of drug-likeness (QED) is 0.206. The standard InChI is InChI=1S/C38H49FN6O.C2H4O2.CH3NO/c1-9-13-37-34-14-11-12-15-35(34)40-38(45(37)43-24-22-42(23-25-43)28(4)27(3)41(6)7)29(5)44(32-18-16-31(39)17-19-32)36-21-20-33(46-8)26-30(36)10-2;1-4-2-3;2-1-3/h11-21,26-27,29H,4,9-10,22-25H2,1-3,5-8H3;2H,1H3;1H,(H2,2,3)/b37-13+;;. The number of amides is 1. The number of methoxy groups -OCH3 is 2. The van der Waals surface area contributed by atoms with E-state index in [1.54, 1.807) is 7.11 Å². The number of amidine groups is 1. The molecule has 0 aliphatic carbocycles. The van der Waals surface area contributed by atoms with E-state index >= 15 is 0 Å². The van der Waals surface area contributed by atoms with Crippen LogP contribution in [0.2, 0.25) is 0 Å². The second-order valence-corrected chi connectivity index (χ2v) is 12.7. The van der Waals surface area contributed by atoms with Crippen LogP contribution in [-0.4, -0.2) is 105 Å². The van der Waals surface area contributed by atoms with E-state index < -0.39 is 0 Å². The molecule has 2 aliphatic heterocycles. The molecule has 2 heterocycles. The van der Waals surface area contributed by atoms with Gasteiger partial charge < -0.3 is 29.9 Å². The first kappa shape index (κ1) is 42.2. The van der Waals surface area contributed by atoms with Crippen LogP contribution in [0, 0.1) is 5.82 Å². The number of hydrazine groups is 1. The van der Waals surface area contributed by atoms with Crippen LogP contribution in [0.5, 0.6) is 5.75 Å². The molecule has 1 amide bonds. The maximum Gasteiger partial charge on any atom is 0.292 e. The van der Waals surface area contributed by atoms with Gasteiger partial charge in [-0.15, -0.1) is 0 Å². The maximum atomic E-state index is 14.2. The minimum Gasteiger partial charge on any atom is -0.497 e. The minimum absolute atomic E-state index is 0.209. The lowest BCUT2D eigenvalue weighted by Crippen LogP contribution is -2.59. The Morgan fingerprint density at radius 3 is 2.17 bits per heavy atom. The van der Waals surface area contributed by atoms with E-state index in [0.717, 1.165) is 90.2 Å². The molecule has 12 heteroatoms. The van der Waals surface area contributed by atoms with Crippen molar-refractivity contribution in [3.63, 3.8) is 0 Å². The number of halogens is 1. The number of anilines is 2. The van der Waals surface area contributed by atoms with Gasteiger partial charge in [0.2, 0.25) is 6.41 Å². The number of aryl methyl sites for hydroxylation is 1. The number of allylic oxidation sites excluding steroid dienone is 1. The van der Waals surface area contributed by atoms with Crippen molar-refractivity contribution in [3.05, 3.63) is 102 Å². The number of piperazine rings is 1. The summed E-state index contributed by atoms with van der Waals surface area (Å²) in [6.45, 7) is 17.0. The van der Waals surface area contributed by atoms with Gasteiger partial charge in [0.05, 0.1) is 31.6 Å². The summed E-state index contributed by atoms with van der Waals surface area (Å²) in [5, 5.41) is 4.80. The molecular formula is C41H56FN7O4. The van der Waals surface area contributed by atoms with Crippen molar-refractivity contribution >= 4 is 41.5 Å². The summed E-state index contributed by atoms with van der Waals surface area (Å²) in [5.41, 5.74) is 11.6. The fraction of sp³-hybridized carbons (Fsp3) is 0.390. The molecule has 3 aromatic rings. The lowest BCUT2D eigenvalue weighted by molar-refractivity contribution is -0.126. The number of nitrogens with two attached hydrogens (primary N) is 1. The number of ether oxygens (including phenoxy) is 2. The van der Waals surface area contributed by atoms with Crippen LogP contribution in [0.25, 0.3) is 5.70 Å². The topological polar surface area (TPSA) is 107 Å². The highest BCUT2D eigenvalue weighted by molar-refractivity contribution is 6.03. The second-order valence-electron chi connectivity index (χ2n) is 12.7. The highest BCUT2D eigenvalue weighted by Gasteiger charge is 2.37. The maximum absolute atomic E-state index is 14.2. The average Bonchev–Trinajstić information content (AvgIpc) is 3.18. The van der Waals surface area contributed by atoms with Crippen molar-refractivity contribution in [1.29, 1.82) is 0 Å². The number of carbonyl (C=O) groups excluding carboxylic acids is 2. The first-order valence-corrected chi connectivity index (χ1v) is 17.9. The molecule has 0 radical (unpaired) electrons. The molecule has 286 valence electrons. The first-order valence-electron chi connectivity index (χ1n) is 17.9. The van der Waals surface area contributed by atoms with Gasteiger partial charge in [-0.05, 0) is 94.9 Å². The summed E-state index contributed by atoms with van der Waals surface area (Å²) in [6.07, 6.45) is 4.26. The largest absolute Gasteiger partial charge is 0.497 e. The van der Waals surface area contributed by atoms with Crippen molar-refractivity contribution in [1.82, 2.24) is 19.8 Å². The van der Waals surface area contributed by atoms with Gasteiger partial charge >= 0.3 is 0 Å². The molecule has 0 bridgehead atoms. The number of aliphatic imine (C=N–C) groups is 1. The number of para-hydroxylation sites is 1. The highest BCUT2D eigenvalue weighted by atomic mass is 19.1. The highest BCUT2D eigenvalue weighted by Crippen LogP contribution is 2.40. The van der Waals surface area contributed by atoms with Crippen LogP contribution in [-0.2, 0) is 20.7 Å². The number of rotatable bonds is 12. The molecule has 0 aromatic heterocycles. The number of benzene rings is 3. The van der Waals surface area contributed by atoms with Crippen molar-refractivity contribution in [2.45, 2.75) is 52.6 Å². The SMILES string of the molecule is C=C(C(C)N(C)C)N1CCN(N2C(C(C)N(c3ccc(F)cc3)c3ccc(OC)cc3CC)=Nc3ccccc3/C2=C\CC)CC1.COC=O.NC=O. The third-order valence-corrected chi connectivity index (χ3v) is 9.35. The number of nitrogens with zero attached hydrogens (tertiary/aromatic N) is 6. The smallest absolute Gasteiger partial charge is 0.292 e. The normalized spacial score (nSPS) is 15.8.